The molecule has 0 heterocycles. The van der Waals surface area contributed by atoms with Gasteiger partial charge in [-0.25, -0.2) is 0 Å². The van der Waals surface area contributed by atoms with Gasteiger partial charge in [-0.05, 0) is 30.1 Å². The minimum atomic E-state index is -0.617. The van der Waals surface area contributed by atoms with E-state index < -0.39 is 5.97 Å². The van der Waals surface area contributed by atoms with Crippen LogP contribution in [0.15, 0.2) is 0 Å². The zero-order valence-electron chi connectivity index (χ0n) is 5.90. The molecular weight excluding hydrogens is 164 g/mol. The molecule has 0 saturated heterocycles. The van der Waals surface area contributed by atoms with Crippen LogP contribution in [0.4, 0.5) is 0 Å². The molecule has 4 bridgehead atoms. The highest BCUT2D eigenvalue weighted by Crippen LogP contribution is 2.74. The Labute approximate surface area is 69.5 Å². The van der Waals surface area contributed by atoms with Crippen LogP contribution in [0.1, 0.15) is 6.42 Å². The summed E-state index contributed by atoms with van der Waals surface area (Å²) in [5, 5.41) is 9.05. The molecule has 11 heavy (non-hydrogen) atoms. The van der Waals surface area contributed by atoms with Crippen LogP contribution in [0.2, 0.25) is 0 Å². The van der Waals surface area contributed by atoms with E-state index >= 15 is 0 Å². The summed E-state index contributed by atoms with van der Waals surface area (Å²) in [5.41, 5.74) is 0. The first-order valence-electron chi connectivity index (χ1n) is 4.08. The van der Waals surface area contributed by atoms with E-state index in [1.165, 1.54) is 0 Å². The SMILES string of the molecule is O=C(O)C1C2CC3C(C2Cl)C31. The van der Waals surface area contributed by atoms with E-state index in [0.717, 1.165) is 6.42 Å². The van der Waals surface area contributed by atoms with Crippen LogP contribution < -0.4 is 0 Å². The van der Waals surface area contributed by atoms with E-state index in [4.69, 9.17) is 16.7 Å². The van der Waals surface area contributed by atoms with Gasteiger partial charge in [0.2, 0.25) is 0 Å². The monoisotopic (exact) mass is 172 g/mol. The smallest absolute Gasteiger partial charge is 0.307 e. The average Bonchev–Trinajstić information content (AvgIpc) is 2.33. The number of alkyl halides is 1. The highest BCUT2D eigenvalue weighted by atomic mass is 35.5. The minimum absolute atomic E-state index is 0.0903. The van der Waals surface area contributed by atoms with Gasteiger partial charge in [0.05, 0.1) is 5.92 Å². The van der Waals surface area contributed by atoms with E-state index in [2.05, 4.69) is 0 Å². The fourth-order valence-electron chi connectivity index (χ4n) is 3.40. The van der Waals surface area contributed by atoms with Crippen molar-refractivity contribution in [1.29, 1.82) is 0 Å². The van der Waals surface area contributed by atoms with E-state index in [0.29, 0.717) is 23.7 Å². The van der Waals surface area contributed by atoms with Gasteiger partial charge in [-0.3, -0.25) is 4.79 Å². The second-order valence-electron chi connectivity index (χ2n) is 4.03. The van der Waals surface area contributed by atoms with Crippen molar-refractivity contribution in [3.8, 4) is 0 Å². The summed E-state index contributed by atoms with van der Waals surface area (Å²) in [6.45, 7) is 0. The molecule has 4 aliphatic rings. The molecule has 6 atom stereocenters. The van der Waals surface area contributed by atoms with Crippen molar-refractivity contribution < 1.29 is 9.90 Å². The number of halogens is 1. The van der Waals surface area contributed by atoms with Crippen LogP contribution in [-0.4, -0.2) is 16.5 Å². The largest absolute Gasteiger partial charge is 0.481 e. The highest BCUT2D eigenvalue weighted by Gasteiger charge is 2.74. The van der Waals surface area contributed by atoms with Gasteiger partial charge in [0.1, 0.15) is 0 Å². The topological polar surface area (TPSA) is 37.3 Å². The maximum absolute atomic E-state index is 10.8. The number of carboxylic acids is 1. The standard InChI is InChI=1S/C8H9ClO2/c9-7-3-1-2-4(5(2)7)6(3)8(10)11/h2-7H,1H2,(H,10,11). The zero-order valence-corrected chi connectivity index (χ0v) is 6.66. The molecule has 0 aromatic carbocycles. The summed E-state index contributed by atoms with van der Waals surface area (Å²) >= 11 is 6.07. The molecule has 0 aromatic heterocycles. The Morgan fingerprint density at radius 1 is 1.36 bits per heavy atom. The Morgan fingerprint density at radius 2 is 2.09 bits per heavy atom. The van der Waals surface area contributed by atoms with Crippen molar-refractivity contribution in [2.75, 3.05) is 0 Å². The van der Waals surface area contributed by atoms with E-state index in [1.807, 2.05) is 0 Å². The Morgan fingerprint density at radius 3 is 2.27 bits per heavy atom. The van der Waals surface area contributed by atoms with Crippen LogP contribution >= 0.6 is 11.6 Å². The summed E-state index contributed by atoms with van der Waals surface area (Å²) < 4.78 is 0. The minimum Gasteiger partial charge on any atom is -0.481 e. The molecule has 4 saturated carbocycles. The van der Waals surface area contributed by atoms with E-state index in [9.17, 15) is 4.79 Å². The first-order valence-corrected chi connectivity index (χ1v) is 4.52. The lowest BCUT2D eigenvalue weighted by molar-refractivity contribution is -0.143. The van der Waals surface area contributed by atoms with Gasteiger partial charge < -0.3 is 5.11 Å². The van der Waals surface area contributed by atoms with E-state index in [1.54, 1.807) is 0 Å². The molecular formula is C8H9ClO2. The van der Waals surface area contributed by atoms with Crippen LogP contribution in [0.5, 0.6) is 0 Å². The average molecular weight is 173 g/mol. The molecule has 6 unspecified atom stereocenters. The third-order valence-corrected chi connectivity index (χ3v) is 4.39. The first kappa shape index (κ1) is 6.30. The molecule has 0 spiro atoms. The number of carbonyl (C=O) groups is 1. The van der Waals surface area contributed by atoms with Crippen LogP contribution in [0, 0.1) is 29.6 Å². The van der Waals surface area contributed by atoms with Gasteiger partial charge in [0.25, 0.3) is 0 Å². The van der Waals surface area contributed by atoms with Gasteiger partial charge in [0.15, 0.2) is 0 Å². The second-order valence-corrected chi connectivity index (χ2v) is 4.53. The molecule has 60 valence electrons. The Balaban J connectivity index is 1.97. The molecule has 4 fully saturated rings. The zero-order chi connectivity index (χ0) is 7.75. The lowest BCUT2D eigenvalue weighted by atomic mass is 9.99. The summed E-state index contributed by atoms with van der Waals surface area (Å²) in [4.78, 5) is 10.8. The quantitative estimate of drug-likeness (QED) is 0.604. The maximum Gasteiger partial charge on any atom is 0.307 e. The van der Waals surface area contributed by atoms with Crippen molar-refractivity contribution in [2.24, 2.45) is 29.6 Å². The molecule has 4 rings (SSSR count). The van der Waals surface area contributed by atoms with Crippen LogP contribution in [-0.2, 0) is 4.79 Å². The Bertz CT molecular complexity index is 240. The summed E-state index contributed by atoms with van der Waals surface area (Å²) in [6.07, 6.45) is 1.08. The molecule has 0 radical (unpaired) electrons. The van der Waals surface area contributed by atoms with Gasteiger partial charge in [-0.2, -0.15) is 0 Å². The van der Waals surface area contributed by atoms with Gasteiger partial charge in [-0.1, -0.05) is 0 Å². The highest BCUT2D eigenvalue weighted by molar-refractivity contribution is 6.22. The Kier molecular flexibility index (Phi) is 0.905. The van der Waals surface area contributed by atoms with Gasteiger partial charge in [-0.15, -0.1) is 11.6 Å². The fraction of sp³-hybridized carbons (Fsp3) is 0.875. The van der Waals surface area contributed by atoms with E-state index in [-0.39, 0.29) is 11.3 Å². The number of hydrogen-bond acceptors (Lipinski definition) is 1. The molecule has 1 N–H and O–H groups in total. The van der Waals surface area contributed by atoms with Crippen molar-refractivity contribution in [3.63, 3.8) is 0 Å². The molecule has 0 aromatic rings. The summed E-state index contributed by atoms with van der Waals surface area (Å²) in [6, 6.07) is 0. The molecule has 4 aliphatic carbocycles. The predicted molar refractivity (Wildman–Crippen MR) is 39.3 cm³/mol. The number of rotatable bonds is 1. The van der Waals surface area contributed by atoms with Gasteiger partial charge in [0, 0.05) is 5.38 Å². The fourth-order valence-corrected chi connectivity index (χ4v) is 4.02. The van der Waals surface area contributed by atoms with Crippen molar-refractivity contribution in [3.05, 3.63) is 0 Å². The van der Waals surface area contributed by atoms with Gasteiger partial charge >= 0.3 is 5.97 Å². The van der Waals surface area contributed by atoms with Crippen molar-refractivity contribution in [1.82, 2.24) is 0 Å². The number of carboxylic acid groups (broad SMARTS) is 1. The maximum atomic E-state index is 10.8. The summed E-state index contributed by atoms with van der Waals surface area (Å²) in [7, 11) is 0. The normalized spacial score (nSPS) is 63.4. The molecule has 3 heteroatoms. The third-order valence-electron chi connectivity index (χ3n) is 3.77. The first-order chi connectivity index (χ1) is 5.22. The molecule has 0 aliphatic heterocycles. The molecule has 0 amide bonds. The Hall–Kier alpha value is -0.240. The molecule has 2 nitrogen and oxygen atoms in total. The lowest BCUT2D eigenvalue weighted by Gasteiger charge is -2.10. The summed E-state index contributed by atoms with van der Waals surface area (Å²) in [5.74, 6) is 1.31. The predicted octanol–water partition coefficient (Wildman–Crippen LogP) is 1.19. The third kappa shape index (κ3) is 0.516. The number of hydrogen-bond donors (Lipinski definition) is 1. The van der Waals surface area contributed by atoms with Crippen molar-refractivity contribution >= 4 is 17.6 Å². The van der Waals surface area contributed by atoms with Crippen LogP contribution in [0.3, 0.4) is 0 Å². The second kappa shape index (κ2) is 1.58. The van der Waals surface area contributed by atoms with Crippen molar-refractivity contribution in [2.45, 2.75) is 11.8 Å². The number of aliphatic carboxylic acids is 1. The van der Waals surface area contributed by atoms with Crippen LogP contribution in [0.25, 0.3) is 0 Å². The lowest BCUT2D eigenvalue weighted by Crippen LogP contribution is -2.20.